The van der Waals surface area contributed by atoms with Crippen LogP contribution in [0.2, 0.25) is 0 Å². The molecule has 0 amide bonds. The fourth-order valence-corrected chi connectivity index (χ4v) is 2.94. The molecule has 4 nitrogen and oxygen atoms in total. The monoisotopic (exact) mass is 367 g/mol. The van der Waals surface area contributed by atoms with Crippen LogP contribution in [0.5, 0.6) is 0 Å². The van der Waals surface area contributed by atoms with Gasteiger partial charge in [0.2, 0.25) is 0 Å². The van der Waals surface area contributed by atoms with Gasteiger partial charge in [-0.15, -0.1) is 0 Å². The van der Waals surface area contributed by atoms with Crippen molar-refractivity contribution in [3.05, 3.63) is 11.3 Å². The molecule has 0 unspecified atom stereocenters. The number of hydrogen-bond acceptors (Lipinski definition) is 4. The number of aliphatic hydroxyl groups is 1. The van der Waals surface area contributed by atoms with Crippen molar-refractivity contribution in [2.75, 3.05) is 26.2 Å². The van der Waals surface area contributed by atoms with E-state index in [0.717, 1.165) is 0 Å². The van der Waals surface area contributed by atoms with Crippen LogP contribution in [0.25, 0.3) is 0 Å². The van der Waals surface area contributed by atoms with Gasteiger partial charge >= 0.3 is 13.3 Å². The molecule has 2 aliphatic rings. The van der Waals surface area contributed by atoms with Crippen LogP contribution in [0.1, 0.15) is 40.5 Å². The molecule has 2 heterocycles. The third kappa shape index (κ3) is 4.56. The molecule has 2 rings (SSSR count). The molecule has 0 aromatic heterocycles. The number of hydrogen-bond donors (Lipinski definition) is 1. The highest BCUT2D eigenvalue weighted by Crippen LogP contribution is 2.41. The fraction of sp³-hybridized carbons (Fsp3) is 0.875. The lowest BCUT2D eigenvalue weighted by Crippen LogP contribution is -2.41. The predicted octanol–water partition coefficient (Wildman–Crippen LogP) is 3.11. The smallest absolute Gasteiger partial charge is 0.398 e. The van der Waals surface area contributed by atoms with E-state index in [0.29, 0.717) is 25.9 Å². The van der Waals surface area contributed by atoms with E-state index in [4.69, 9.17) is 14.4 Å². The predicted molar refractivity (Wildman–Crippen MR) is 86.5 cm³/mol. The second-order valence-electron chi connectivity index (χ2n) is 7.81. The van der Waals surface area contributed by atoms with Gasteiger partial charge in [0.05, 0.1) is 16.8 Å². The highest BCUT2D eigenvalue weighted by molar-refractivity contribution is 6.53. The second-order valence-corrected chi connectivity index (χ2v) is 7.81. The standard InChI is InChI=1S/C16H26BF4NO3/c1-14(2)15(3,4)25-17(24-14)13(18)12(16(19,20)21)9-22-7-5-11(10-23)6-8-22/h11,23H,5-10H2,1-4H3. The Balaban J connectivity index is 2.18. The number of rotatable bonds is 4. The van der Waals surface area contributed by atoms with Crippen molar-refractivity contribution in [1.29, 1.82) is 0 Å². The van der Waals surface area contributed by atoms with E-state index in [9.17, 15) is 17.6 Å². The second kappa shape index (κ2) is 7.17. The van der Waals surface area contributed by atoms with Crippen molar-refractivity contribution in [1.82, 2.24) is 4.90 Å². The Labute approximate surface area is 146 Å². The highest BCUT2D eigenvalue weighted by Gasteiger charge is 2.55. The number of alkyl halides is 3. The van der Waals surface area contributed by atoms with Crippen molar-refractivity contribution in [2.45, 2.75) is 57.9 Å². The molecule has 2 aliphatic heterocycles. The Bertz CT molecular complexity index is 498. The molecule has 0 radical (unpaired) electrons. The Kier molecular flexibility index (Phi) is 5.93. The van der Waals surface area contributed by atoms with E-state index in [-0.39, 0.29) is 12.5 Å². The van der Waals surface area contributed by atoms with Gasteiger partial charge in [-0.1, -0.05) is 0 Å². The van der Waals surface area contributed by atoms with Gasteiger partial charge in [0, 0.05) is 13.2 Å². The Morgan fingerprint density at radius 3 is 2.00 bits per heavy atom. The van der Waals surface area contributed by atoms with Crippen molar-refractivity contribution < 1.29 is 32.0 Å². The molecule has 0 aliphatic carbocycles. The van der Waals surface area contributed by atoms with Crippen LogP contribution in [0.3, 0.4) is 0 Å². The van der Waals surface area contributed by atoms with E-state index < -0.39 is 42.3 Å². The average molecular weight is 367 g/mol. The SMILES string of the molecule is CC1(C)OB(C(F)=C(CN2CCC(CO)CC2)C(F)(F)F)OC1(C)C. The van der Waals surface area contributed by atoms with E-state index in [1.165, 1.54) is 0 Å². The topological polar surface area (TPSA) is 41.9 Å². The van der Waals surface area contributed by atoms with Gasteiger partial charge in [-0.05, 0) is 59.5 Å². The fourth-order valence-electron chi connectivity index (χ4n) is 2.94. The molecule has 0 atom stereocenters. The summed E-state index contributed by atoms with van der Waals surface area (Å²) in [4.78, 5) is 1.56. The number of aliphatic hydroxyl groups excluding tert-OH is 1. The Hall–Kier alpha value is -0.635. The van der Waals surface area contributed by atoms with E-state index >= 15 is 0 Å². The molecule has 0 aromatic carbocycles. The van der Waals surface area contributed by atoms with Crippen LogP contribution >= 0.6 is 0 Å². The molecule has 144 valence electrons. The summed E-state index contributed by atoms with van der Waals surface area (Å²) in [7, 11) is -1.66. The minimum absolute atomic E-state index is 0.0259. The third-order valence-electron chi connectivity index (χ3n) is 5.44. The maximum Gasteiger partial charge on any atom is 0.525 e. The van der Waals surface area contributed by atoms with Crippen LogP contribution in [0.15, 0.2) is 11.3 Å². The lowest BCUT2D eigenvalue weighted by molar-refractivity contribution is -0.0981. The zero-order valence-electron chi connectivity index (χ0n) is 15.1. The normalized spacial score (nSPS) is 26.0. The average Bonchev–Trinajstić information content (AvgIpc) is 2.72. The van der Waals surface area contributed by atoms with Crippen LogP contribution in [0.4, 0.5) is 17.6 Å². The lowest BCUT2D eigenvalue weighted by atomic mass is 9.84. The van der Waals surface area contributed by atoms with Gasteiger partial charge in [-0.2, -0.15) is 13.2 Å². The number of likely N-dealkylation sites (tertiary alicyclic amines) is 1. The summed E-state index contributed by atoms with van der Waals surface area (Å²) < 4.78 is 65.8. The summed E-state index contributed by atoms with van der Waals surface area (Å²) in [6, 6.07) is 0. The minimum Gasteiger partial charge on any atom is -0.398 e. The molecule has 0 saturated carbocycles. The molecular formula is C16H26BF4NO3. The minimum atomic E-state index is -4.80. The molecule has 2 fully saturated rings. The van der Waals surface area contributed by atoms with Crippen LogP contribution in [-0.2, 0) is 9.31 Å². The summed E-state index contributed by atoms with van der Waals surface area (Å²) in [5.41, 5.74) is -4.49. The third-order valence-corrected chi connectivity index (χ3v) is 5.44. The summed E-state index contributed by atoms with van der Waals surface area (Å²) in [5.74, 6) is 0.0995. The summed E-state index contributed by atoms with van der Waals surface area (Å²) in [5, 5.41) is 9.12. The van der Waals surface area contributed by atoms with Crippen LogP contribution < -0.4 is 0 Å². The Morgan fingerprint density at radius 1 is 1.12 bits per heavy atom. The lowest BCUT2D eigenvalue weighted by Gasteiger charge is -2.32. The summed E-state index contributed by atoms with van der Waals surface area (Å²) in [6.45, 7) is 6.90. The van der Waals surface area contributed by atoms with Gasteiger partial charge < -0.3 is 14.4 Å². The first kappa shape index (κ1) is 20.7. The van der Waals surface area contributed by atoms with Gasteiger partial charge in [-0.3, -0.25) is 4.90 Å². The van der Waals surface area contributed by atoms with Crippen molar-refractivity contribution in [3.63, 3.8) is 0 Å². The van der Waals surface area contributed by atoms with Crippen molar-refractivity contribution in [3.8, 4) is 0 Å². The molecule has 2 saturated heterocycles. The zero-order valence-corrected chi connectivity index (χ0v) is 15.1. The molecule has 25 heavy (non-hydrogen) atoms. The quantitative estimate of drug-likeness (QED) is 0.613. The van der Waals surface area contributed by atoms with Gasteiger partial charge in [0.25, 0.3) is 0 Å². The van der Waals surface area contributed by atoms with Crippen LogP contribution in [0, 0.1) is 5.92 Å². The molecule has 0 spiro atoms. The van der Waals surface area contributed by atoms with Gasteiger partial charge in [0.1, 0.15) is 5.73 Å². The number of piperidine rings is 1. The summed E-state index contributed by atoms with van der Waals surface area (Å²) >= 11 is 0. The molecular weight excluding hydrogens is 341 g/mol. The first-order valence-electron chi connectivity index (χ1n) is 8.52. The van der Waals surface area contributed by atoms with Crippen molar-refractivity contribution in [2.24, 2.45) is 5.92 Å². The van der Waals surface area contributed by atoms with Gasteiger partial charge in [-0.25, -0.2) is 4.39 Å². The highest BCUT2D eigenvalue weighted by atomic mass is 19.4. The molecule has 9 heteroatoms. The largest absolute Gasteiger partial charge is 0.525 e. The Morgan fingerprint density at radius 2 is 1.60 bits per heavy atom. The van der Waals surface area contributed by atoms with E-state index in [2.05, 4.69) is 0 Å². The molecule has 0 aromatic rings. The van der Waals surface area contributed by atoms with E-state index in [1.54, 1.807) is 32.6 Å². The maximum absolute atomic E-state index is 14.7. The van der Waals surface area contributed by atoms with Crippen molar-refractivity contribution >= 4 is 7.12 Å². The maximum atomic E-state index is 14.7. The molecule has 1 N–H and O–H groups in total. The number of halogens is 4. The summed E-state index contributed by atoms with van der Waals surface area (Å²) in [6.07, 6.45) is -3.61. The zero-order chi connectivity index (χ0) is 19.0. The van der Waals surface area contributed by atoms with Gasteiger partial charge in [0.15, 0.2) is 0 Å². The van der Waals surface area contributed by atoms with Crippen LogP contribution in [-0.4, -0.2) is 60.7 Å². The molecule has 0 bridgehead atoms. The van der Waals surface area contributed by atoms with E-state index in [1.807, 2.05) is 0 Å². The first-order chi connectivity index (χ1) is 11.4. The number of nitrogens with zero attached hydrogens (tertiary/aromatic N) is 1. The first-order valence-corrected chi connectivity index (χ1v) is 8.52.